The van der Waals surface area contributed by atoms with Gasteiger partial charge in [-0.1, -0.05) is 6.42 Å². The van der Waals surface area contributed by atoms with Crippen LogP contribution in [-0.2, 0) is 17.6 Å². The molecular formula is C12H19N3OS. The van der Waals surface area contributed by atoms with E-state index >= 15 is 0 Å². The number of nitrogens with zero attached hydrogens (tertiary/aromatic N) is 1. The molecule has 1 aliphatic rings. The number of hydrogen-bond donors (Lipinski definition) is 2. The van der Waals surface area contributed by atoms with Crippen molar-refractivity contribution in [2.75, 3.05) is 11.9 Å². The molecule has 0 unspecified atom stereocenters. The van der Waals surface area contributed by atoms with Gasteiger partial charge in [0.2, 0.25) is 5.91 Å². The Balaban J connectivity index is 1.95. The predicted molar refractivity (Wildman–Crippen MR) is 70.3 cm³/mol. The molecule has 1 aliphatic carbocycles. The van der Waals surface area contributed by atoms with Crippen LogP contribution in [0, 0.1) is 0 Å². The third-order valence-electron chi connectivity index (χ3n) is 2.95. The number of nitrogens with one attached hydrogen (secondary N) is 1. The zero-order chi connectivity index (χ0) is 12.1. The van der Waals surface area contributed by atoms with Gasteiger partial charge < -0.3 is 11.1 Å². The molecule has 0 saturated carbocycles. The normalized spacial score (nSPS) is 15.1. The quantitative estimate of drug-likeness (QED) is 0.807. The number of anilines is 1. The van der Waals surface area contributed by atoms with Gasteiger partial charge in [0.25, 0.3) is 0 Å². The summed E-state index contributed by atoms with van der Waals surface area (Å²) in [4.78, 5) is 17.4. The molecule has 0 bridgehead atoms. The molecule has 3 N–H and O–H groups in total. The molecule has 1 aromatic rings. The Morgan fingerprint density at radius 2 is 2.18 bits per heavy atom. The number of amides is 1. The SMILES string of the molecule is NCCCC(=O)Nc1nc2c(s1)CCCCC2. The topological polar surface area (TPSA) is 68.0 Å². The third-order valence-corrected chi connectivity index (χ3v) is 4.02. The molecule has 1 heterocycles. The fourth-order valence-corrected chi connectivity index (χ4v) is 3.09. The Kier molecular flexibility index (Phi) is 4.50. The van der Waals surface area contributed by atoms with Crippen LogP contribution in [0.15, 0.2) is 0 Å². The molecule has 0 saturated heterocycles. The van der Waals surface area contributed by atoms with Crippen molar-refractivity contribution in [2.24, 2.45) is 5.73 Å². The van der Waals surface area contributed by atoms with Crippen molar-refractivity contribution < 1.29 is 4.79 Å². The van der Waals surface area contributed by atoms with Gasteiger partial charge >= 0.3 is 0 Å². The van der Waals surface area contributed by atoms with Gasteiger partial charge in [0.05, 0.1) is 5.69 Å². The van der Waals surface area contributed by atoms with E-state index in [-0.39, 0.29) is 5.91 Å². The minimum absolute atomic E-state index is 0.0272. The smallest absolute Gasteiger partial charge is 0.226 e. The maximum absolute atomic E-state index is 11.6. The van der Waals surface area contributed by atoms with E-state index in [0.717, 1.165) is 24.4 Å². The predicted octanol–water partition coefficient (Wildman–Crippen LogP) is 2.09. The van der Waals surface area contributed by atoms with E-state index in [9.17, 15) is 4.79 Å². The lowest BCUT2D eigenvalue weighted by Crippen LogP contribution is -2.13. The molecule has 0 spiro atoms. The van der Waals surface area contributed by atoms with Crippen molar-refractivity contribution in [3.8, 4) is 0 Å². The number of rotatable bonds is 4. The first-order valence-electron chi connectivity index (χ1n) is 6.28. The minimum Gasteiger partial charge on any atom is -0.330 e. The zero-order valence-corrected chi connectivity index (χ0v) is 10.8. The number of aromatic nitrogens is 1. The standard InChI is InChI=1S/C12H19N3OS/c13-8-4-7-11(16)15-12-14-9-5-2-1-3-6-10(9)17-12/h1-8,13H2,(H,14,15,16). The number of carbonyl (C=O) groups excluding carboxylic acids is 1. The van der Waals surface area contributed by atoms with Crippen LogP contribution in [-0.4, -0.2) is 17.4 Å². The Hall–Kier alpha value is -0.940. The fraction of sp³-hybridized carbons (Fsp3) is 0.667. The second-order valence-electron chi connectivity index (χ2n) is 4.39. The average Bonchev–Trinajstić information content (AvgIpc) is 2.56. The maximum Gasteiger partial charge on any atom is 0.226 e. The fourth-order valence-electron chi connectivity index (χ4n) is 2.03. The number of hydrogen-bond acceptors (Lipinski definition) is 4. The van der Waals surface area contributed by atoms with Gasteiger partial charge in [-0.3, -0.25) is 4.79 Å². The van der Waals surface area contributed by atoms with Crippen LogP contribution < -0.4 is 11.1 Å². The first kappa shape index (κ1) is 12.5. The number of thiazole rings is 1. The van der Waals surface area contributed by atoms with Crippen molar-refractivity contribution >= 4 is 22.4 Å². The third kappa shape index (κ3) is 3.51. The van der Waals surface area contributed by atoms with E-state index in [1.54, 1.807) is 11.3 Å². The molecule has 0 radical (unpaired) electrons. The minimum atomic E-state index is 0.0272. The van der Waals surface area contributed by atoms with Gasteiger partial charge in [-0.25, -0.2) is 4.98 Å². The van der Waals surface area contributed by atoms with Gasteiger partial charge in [-0.2, -0.15) is 0 Å². The molecule has 1 amide bonds. The summed E-state index contributed by atoms with van der Waals surface area (Å²) in [5.74, 6) is 0.0272. The maximum atomic E-state index is 11.6. The summed E-state index contributed by atoms with van der Waals surface area (Å²) in [5.41, 5.74) is 6.57. The zero-order valence-electron chi connectivity index (χ0n) is 10.00. The van der Waals surface area contributed by atoms with Crippen LogP contribution >= 0.6 is 11.3 Å². The summed E-state index contributed by atoms with van der Waals surface area (Å²) < 4.78 is 0. The van der Waals surface area contributed by atoms with E-state index in [2.05, 4.69) is 10.3 Å². The van der Waals surface area contributed by atoms with Crippen LogP contribution in [0.25, 0.3) is 0 Å². The second kappa shape index (κ2) is 6.12. The van der Waals surface area contributed by atoms with Gasteiger partial charge in [0, 0.05) is 11.3 Å². The summed E-state index contributed by atoms with van der Waals surface area (Å²) in [6.45, 7) is 0.557. The summed E-state index contributed by atoms with van der Waals surface area (Å²) in [6, 6.07) is 0. The highest BCUT2D eigenvalue weighted by Gasteiger charge is 2.14. The Bertz CT molecular complexity index is 366. The number of nitrogens with two attached hydrogens (primary N) is 1. The number of fused-ring (bicyclic) bond motifs is 1. The molecule has 4 nitrogen and oxygen atoms in total. The van der Waals surface area contributed by atoms with Gasteiger partial charge in [-0.05, 0) is 38.6 Å². The summed E-state index contributed by atoms with van der Waals surface area (Å²) in [7, 11) is 0. The molecule has 17 heavy (non-hydrogen) atoms. The molecule has 1 aromatic heterocycles. The van der Waals surface area contributed by atoms with Crippen LogP contribution in [0.5, 0.6) is 0 Å². The molecule has 0 fully saturated rings. The lowest BCUT2D eigenvalue weighted by molar-refractivity contribution is -0.116. The van der Waals surface area contributed by atoms with Crippen LogP contribution in [0.1, 0.15) is 42.7 Å². The Labute approximate surface area is 106 Å². The largest absolute Gasteiger partial charge is 0.330 e. The number of carbonyl (C=O) groups is 1. The average molecular weight is 253 g/mol. The lowest BCUT2D eigenvalue weighted by Gasteiger charge is -1.99. The number of aryl methyl sites for hydroxylation is 2. The highest BCUT2D eigenvalue weighted by atomic mass is 32.1. The van der Waals surface area contributed by atoms with E-state index in [4.69, 9.17) is 5.73 Å². The van der Waals surface area contributed by atoms with Gasteiger partial charge in [-0.15, -0.1) is 11.3 Å². The molecule has 94 valence electrons. The summed E-state index contributed by atoms with van der Waals surface area (Å²) in [6.07, 6.45) is 7.15. The summed E-state index contributed by atoms with van der Waals surface area (Å²) >= 11 is 1.64. The Morgan fingerprint density at radius 3 is 3.00 bits per heavy atom. The van der Waals surface area contributed by atoms with E-state index < -0.39 is 0 Å². The lowest BCUT2D eigenvalue weighted by atomic mass is 10.2. The first-order valence-corrected chi connectivity index (χ1v) is 7.09. The Morgan fingerprint density at radius 1 is 1.35 bits per heavy atom. The summed E-state index contributed by atoms with van der Waals surface area (Å²) in [5, 5.41) is 3.63. The van der Waals surface area contributed by atoms with Crippen molar-refractivity contribution in [1.29, 1.82) is 0 Å². The van der Waals surface area contributed by atoms with Crippen molar-refractivity contribution in [3.63, 3.8) is 0 Å². The van der Waals surface area contributed by atoms with E-state index in [1.165, 1.54) is 29.8 Å². The second-order valence-corrected chi connectivity index (χ2v) is 5.47. The van der Waals surface area contributed by atoms with Crippen LogP contribution in [0.2, 0.25) is 0 Å². The molecule has 0 atom stereocenters. The molecule has 2 rings (SSSR count). The molecule has 5 heteroatoms. The van der Waals surface area contributed by atoms with Gasteiger partial charge in [0.1, 0.15) is 0 Å². The molecular weight excluding hydrogens is 234 g/mol. The van der Waals surface area contributed by atoms with Crippen molar-refractivity contribution in [2.45, 2.75) is 44.9 Å². The van der Waals surface area contributed by atoms with Crippen LogP contribution in [0.4, 0.5) is 5.13 Å². The van der Waals surface area contributed by atoms with Crippen molar-refractivity contribution in [3.05, 3.63) is 10.6 Å². The highest BCUT2D eigenvalue weighted by Crippen LogP contribution is 2.28. The van der Waals surface area contributed by atoms with Gasteiger partial charge in [0.15, 0.2) is 5.13 Å². The van der Waals surface area contributed by atoms with E-state index in [0.29, 0.717) is 13.0 Å². The van der Waals surface area contributed by atoms with E-state index in [1.807, 2.05) is 0 Å². The monoisotopic (exact) mass is 253 g/mol. The van der Waals surface area contributed by atoms with Crippen LogP contribution in [0.3, 0.4) is 0 Å². The first-order chi connectivity index (χ1) is 8.29. The molecule has 0 aromatic carbocycles. The highest BCUT2D eigenvalue weighted by molar-refractivity contribution is 7.15. The van der Waals surface area contributed by atoms with Crippen molar-refractivity contribution in [1.82, 2.24) is 4.98 Å². The molecule has 0 aliphatic heterocycles.